The molecule has 0 spiro atoms. The molecule has 1 aliphatic heterocycles. The van der Waals surface area contributed by atoms with Gasteiger partial charge in [0, 0.05) is 32.8 Å². The fraction of sp³-hybridized carbons (Fsp3) is 0.786. The molecule has 0 aliphatic carbocycles. The molecule has 1 aromatic heterocycles. The number of nitrogens with zero attached hydrogens (tertiary/aromatic N) is 4. The number of carbonyl (C=O) groups excluding carboxylic acids is 1. The molecule has 124 valence electrons. The van der Waals surface area contributed by atoms with E-state index in [1.165, 1.54) is 0 Å². The van der Waals surface area contributed by atoms with E-state index >= 15 is 0 Å². The summed E-state index contributed by atoms with van der Waals surface area (Å²) >= 11 is 0. The minimum Gasteiger partial charge on any atom is -0.396 e. The summed E-state index contributed by atoms with van der Waals surface area (Å²) in [5.41, 5.74) is -0.164. The van der Waals surface area contributed by atoms with Crippen molar-refractivity contribution in [3.63, 3.8) is 0 Å². The first-order valence-electron chi connectivity index (χ1n) is 7.71. The number of aliphatic hydroxyl groups excluding tert-OH is 1. The summed E-state index contributed by atoms with van der Waals surface area (Å²) in [6.45, 7) is 3.34. The Labute approximate surface area is 130 Å². The van der Waals surface area contributed by atoms with E-state index in [-0.39, 0.29) is 18.2 Å². The zero-order valence-electron chi connectivity index (χ0n) is 13.6. The van der Waals surface area contributed by atoms with E-state index in [4.69, 9.17) is 5.11 Å². The van der Waals surface area contributed by atoms with Crippen LogP contribution in [-0.2, 0) is 6.54 Å². The first kappa shape index (κ1) is 16.5. The highest BCUT2D eigenvalue weighted by Gasteiger charge is 2.38. The first-order chi connectivity index (χ1) is 10.5. The summed E-state index contributed by atoms with van der Waals surface area (Å²) in [7, 11) is 3.73. The van der Waals surface area contributed by atoms with Crippen LogP contribution in [-0.4, -0.2) is 64.0 Å². The van der Waals surface area contributed by atoms with Crippen LogP contribution in [0.15, 0.2) is 0 Å². The van der Waals surface area contributed by atoms with E-state index in [2.05, 4.69) is 27.4 Å². The first-order valence-corrected chi connectivity index (χ1v) is 7.71. The highest BCUT2D eigenvalue weighted by Crippen LogP contribution is 2.32. The zero-order chi connectivity index (χ0) is 16.2. The van der Waals surface area contributed by atoms with Crippen molar-refractivity contribution >= 4 is 12.0 Å². The Hall–Kier alpha value is -1.83. The van der Waals surface area contributed by atoms with E-state index < -0.39 is 0 Å². The lowest BCUT2D eigenvalue weighted by atomic mass is 9.93. The maximum Gasteiger partial charge on any atom is 0.318 e. The predicted octanol–water partition coefficient (Wildman–Crippen LogP) is 0.707. The molecule has 0 saturated carbocycles. The number of amides is 2. The van der Waals surface area contributed by atoms with Crippen LogP contribution in [0.25, 0.3) is 0 Å². The van der Waals surface area contributed by atoms with Gasteiger partial charge in [-0.3, -0.25) is 5.10 Å². The Kier molecular flexibility index (Phi) is 5.23. The molecule has 2 amide bonds. The van der Waals surface area contributed by atoms with Gasteiger partial charge >= 0.3 is 6.03 Å². The number of nitrogens with one attached hydrogen (secondary N) is 2. The number of urea groups is 1. The number of likely N-dealkylation sites (tertiary alicyclic amines) is 1. The number of aromatic nitrogens is 3. The molecule has 1 aliphatic rings. The summed E-state index contributed by atoms with van der Waals surface area (Å²) in [5, 5.41) is 18.8. The fourth-order valence-corrected chi connectivity index (χ4v) is 2.91. The van der Waals surface area contributed by atoms with E-state index in [0.29, 0.717) is 24.7 Å². The largest absolute Gasteiger partial charge is 0.396 e. The van der Waals surface area contributed by atoms with Gasteiger partial charge in [-0.25, -0.2) is 4.79 Å². The zero-order valence-corrected chi connectivity index (χ0v) is 13.6. The van der Waals surface area contributed by atoms with Crippen LogP contribution in [0.1, 0.15) is 38.4 Å². The van der Waals surface area contributed by atoms with Crippen molar-refractivity contribution in [3.05, 3.63) is 5.82 Å². The molecule has 1 atom stereocenters. The quantitative estimate of drug-likeness (QED) is 0.719. The molecule has 8 heteroatoms. The second kappa shape index (κ2) is 6.95. The maximum atomic E-state index is 12.4. The topological polar surface area (TPSA) is 97.4 Å². The van der Waals surface area contributed by atoms with Gasteiger partial charge in [0.15, 0.2) is 0 Å². The highest BCUT2D eigenvalue weighted by molar-refractivity contribution is 5.75. The van der Waals surface area contributed by atoms with Gasteiger partial charge in [-0.2, -0.15) is 4.98 Å². The third-order valence-electron chi connectivity index (χ3n) is 4.19. The standard InChI is InChI=1S/C14H26N6O2/c1-14(7-5-9-21)6-4-8-20(14)13(22)15-10-11-16-12(18-17-11)19(2)3/h21H,4-10H2,1-3H3,(H,15,22)(H,16,17,18). The van der Waals surface area contributed by atoms with Crippen molar-refractivity contribution in [1.29, 1.82) is 0 Å². The van der Waals surface area contributed by atoms with Crippen molar-refractivity contribution in [2.75, 3.05) is 32.1 Å². The van der Waals surface area contributed by atoms with Crippen LogP contribution in [0.2, 0.25) is 0 Å². The van der Waals surface area contributed by atoms with Gasteiger partial charge in [-0.05, 0) is 32.6 Å². The normalized spacial score (nSPS) is 21.2. The Morgan fingerprint density at radius 2 is 2.32 bits per heavy atom. The Morgan fingerprint density at radius 3 is 2.95 bits per heavy atom. The lowest BCUT2D eigenvalue weighted by Gasteiger charge is -2.35. The molecule has 1 fully saturated rings. The predicted molar refractivity (Wildman–Crippen MR) is 83.6 cm³/mol. The van der Waals surface area contributed by atoms with Crippen LogP contribution in [0.4, 0.5) is 10.7 Å². The van der Waals surface area contributed by atoms with Crippen LogP contribution in [0, 0.1) is 0 Å². The monoisotopic (exact) mass is 310 g/mol. The molecule has 0 radical (unpaired) electrons. The van der Waals surface area contributed by atoms with E-state index in [1.54, 1.807) is 4.90 Å². The van der Waals surface area contributed by atoms with Gasteiger partial charge < -0.3 is 20.2 Å². The van der Waals surface area contributed by atoms with Crippen molar-refractivity contribution < 1.29 is 9.90 Å². The SMILES string of the molecule is CN(C)c1n[nH]c(CNC(=O)N2CCCC2(C)CCCO)n1. The summed E-state index contributed by atoms with van der Waals surface area (Å²) in [6.07, 6.45) is 3.52. The van der Waals surface area contributed by atoms with Crippen LogP contribution < -0.4 is 10.2 Å². The number of hydrogen-bond donors (Lipinski definition) is 3. The molecule has 22 heavy (non-hydrogen) atoms. The number of aliphatic hydroxyl groups is 1. The van der Waals surface area contributed by atoms with Gasteiger partial charge in [0.25, 0.3) is 0 Å². The van der Waals surface area contributed by atoms with Gasteiger partial charge in [-0.1, -0.05) is 0 Å². The van der Waals surface area contributed by atoms with Crippen molar-refractivity contribution in [1.82, 2.24) is 25.4 Å². The summed E-state index contributed by atoms with van der Waals surface area (Å²) < 4.78 is 0. The molecular formula is C14H26N6O2. The minimum absolute atomic E-state index is 0.0826. The number of hydrogen-bond acceptors (Lipinski definition) is 5. The summed E-state index contributed by atoms with van der Waals surface area (Å²) in [6, 6.07) is -0.0826. The van der Waals surface area contributed by atoms with E-state index in [1.807, 2.05) is 19.0 Å². The average molecular weight is 310 g/mol. The van der Waals surface area contributed by atoms with Crippen LogP contribution in [0.3, 0.4) is 0 Å². The number of carbonyl (C=O) groups is 1. The van der Waals surface area contributed by atoms with Crippen LogP contribution >= 0.6 is 0 Å². The molecule has 1 saturated heterocycles. The average Bonchev–Trinajstić information content (AvgIpc) is 3.10. The molecule has 2 rings (SSSR count). The molecule has 8 nitrogen and oxygen atoms in total. The molecule has 2 heterocycles. The lowest BCUT2D eigenvalue weighted by Crippen LogP contribution is -2.49. The number of aromatic amines is 1. The lowest BCUT2D eigenvalue weighted by molar-refractivity contribution is 0.140. The number of anilines is 1. The summed E-state index contributed by atoms with van der Waals surface area (Å²) in [4.78, 5) is 20.4. The molecular weight excluding hydrogens is 284 g/mol. The Morgan fingerprint density at radius 1 is 1.55 bits per heavy atom. The van der Waals surface area contributed by atoms with Crippen molar-refractivity contribution in [3.8, 4) is 0 Å². The second-order valence-electron chi connectivity index (χ2n) is 6.21. The van der Waals surface area contributed by atoms with Gasteiger partial charge in [0.1, 0.15) is 5.82 Å². The Balaban J connectivity index is 1.90. The van der Waals surface area contributed by atoms with Gasteiger partial charge in [-0.15, -0.1) is 5.10 Å². The highest BCUT2D eigenvalue weighted by atomic mass is 16.3. The molecule has 0 aromatic carbocycles. The molecule has 1 aromatic rings. The Bertz CT molecular complexity index is 503. The molecule has 3 N–H and O–H groups in total. The van der Waals surface area contributed by atoms with Gasteiger partial charge in [0.2, 0.25) is 5.95 Å². The molecule has 0 bridgehead atoms. The molecule has 1 unspecified atom stereocenters. The van der Waals surface area contributed by atoms with E-state index in [9.17, 15) is 4.79 Å². The third-order valence-corrected chi connectivity index (χ3v) is 4.19. The smallest absolute Gasteiger partial charge is 0.318 e. The van der Waals surface area contributed by atoms with E-state index in [0.717, 1.165) is 25.8 Å². The maximum absolute atomic E-state index is 12.4. The summed E-state index contributed by atoms with van der Waals surface area (Å²) in [5.74, 6) is 1.23. The van der Waals surface area contributed by atoms with Gasteiger partial charge in [0.05, 0.1) is 6.54 Å². The number of rotatable bonds is 6. The third kappa shape index (κ3) is 3.68. The van der Waals surface area contributed by atoms with Crippen molar-refractivity contribution in [2.45, 2.75) is 44.7 Å². The minimum atomic E-state index is -0.164. The van der Waals surface area contributed by atoms with Crippen molar-refractivity contribution in [2.24, 2.45) is 0 Å². The fourth-order valence-electron chi connectivity index (χ4n) is 2.91. The van der Waals surface area contributed by atoms with Crippen LogP contribution in [0.5, 0.6) is 0 Å². The number of H-pyrrole nitrogens is 1. The second-order valence-corrected chi connectivity index (χ2v) is 6.21.